The lowest BCUT2D eigenvalue weighted by Crippen LogP contribution is -2.32. The van der Waals surface area contributed by atoms with E-state index in [0.717, 1.165) is 30.8 Å². The van der Waals surface area contributed by atoms with Gasteiger partial charge < -0.3 is 14.2 Å². The first-order valence-corrected chi connectivity index (χ1v) is 6.79. The van der Waals surface area contributed by atoms with E-state index in [2.05, 4.69) is 0 Å². The molecule has 3 rings (SSSR count). The Balaban J connectivity index is 1.59. The fraction of sp³-hybridized carbons (Fsp3) is 0.533. The Morgan fingerprint density at radius 3 is 3.00 bits per heavy atom. The Morgan fingerprint density at radius 2 is 2.26 bits per heavy atom. The van der Waals surface area contributed by atoms with Crippen molar-refractivity contribution in [1.82, 2.24) is 0 Å². The maximum absolute atomic E-state index is 12.1. The average Bonchev–Trinajstić information content (AvgIpc) is 3.05. The lowest BCUT2D eigenvalue weighted by Gasteiger charge is -2.16. The van der Waals surface area contributed by atoms with Gasteiger partial charge in [-0.1, -0.05) is 25.1 Å². The Morgan fingerprint density at radius 1 is 1.42 bits per heavy atom. The highest BCUT2D eigenvalue weighted by Gasteiger charge is 2.37. The Bertz CT molecular complexity index is 465. The van der Waals surface area contributed by atoms with Gasteiger partial charge in [0.15, 0.2) is 0 Å². The van der Waals surface area contributed by atoms with Crippen molar-refractivity contribution in [3.8, 4) is 5.75 Å². The molecule has 2 aliphatic heterocycles. The maximum atomic E-state index is 12.1. The van der Waals surface area contributed by atoms with Gasteiger partial charge in [-0.15, -0.1) is 0 Å². The van der Waals surface area contributed by atoms with Gasteiger partial charge in [-0.2, -0.15) is 0 Å². The van der Waals surface area contributed by atoms with Crippen LogP contribution in [-0.4, -0.2) is 31.4 Å². The van der Waals surface area contributed by atoms with E-state index in [-0.39, 0.29) is 18.0 Å². The molecule has 102 valence electrons. The first-order chi connectivity index (χ1) is 9.25. The number of benzene rings is 1. The second-order valence-electron chi connectivity index (χ2n) is 5.13. The minimum absolute atomic E-state index is 0.0354. The van der Waals surface area contributed by atoms with Gasteiger partial charge in [0, 0.05) is 18.1 Å². The number of carbonyl (C=O) groups is 1. The summed E-state index contributed by atoms with van der Waals surface area (Å²) in [6.07, 6.45) is 1.54. The van der Waals surface area contributed by atoms with Crippen LogP contribution in [0.15, 0.2) is 24.3 Å². The number of carbonyl (C=O) groups excluding carboxylic acids is 1. The molecular formula is C15H18O4. The fourth-order valence-electron chi connectivity index (χ4n) is 2.65. The highest BCUT2D eigenvalue weighted by molar-refractivity contribution is 5.78. The molecule has 0 spiro atoms. The first-order valence-electron chi connectivity index (χ1n) is 6.79. The molecule has 0 amide bonds. The van der Waals surface area contributed by atoms with Crippen LogP contribution in [0.2, 0.25) is 0 Å². The molecule has 0 saturated carbocycles. The second-order valence-corrected chi connectivity index (χ2v) is 5.13. The van der Waals surface area contributed by atoms with Gasteiger partial charge in [-0.25, -0.2) is 4.79 Å². The predicted molar refractivity (Wildman–Crippen MR) is 69.2 cm³/mol. The van der Waals surface area contributed by atoms with Gasteiger partial charge in [-0.05, 0) is 18.9 Å². The van der Waals surface area contributed by atoms with Crippen LogP contribution in [0.3, 0.4) is 0 Å². The van der Waals surface area contributed by atoms with Crippen molar-refractivity contribution in [2.45, 2.75) is 37.9 Å². The quantitative estimate of drug-likeness (QED) is 0.784. The van der Waals surface area contributed by atoms with Crippen LogP contribution in [0.1, 0.15) is 31.2 Å². The largest absolute Gasteiger partial charge is 0.478 e. The highest BCUT2D eigenvalue weighted by atomic mass is 16.6. The smallest absolute Gasteiger partial charge is 0.348 e. The molecule has 2 heterocycles. The fourth-order valence-corrected chi connectivity index (χ4v) is 2.65. The van der Waals surface area contributed by atoms with E-state index in [0.29, 0.717) is 6.61 Å². The standard InChI is InChI=1S/C15H18O4/c1-10-12-6-2-3-7-13(12)19-14(10)15(16)18-9-11-5-4-8-17-11/h2-3,6-7,10-11,14H,4-5,8-9H2,1H3. The summed E-state index contributed by atoms with van der Waals surface area (Å²) < 4.78 is 16.4. The van der Waals surface area contributed by atoms with E-state index < -0.39 is 6.10 Å². The van der Waals surface area contributed by atoms with E-state index in [4.69, 9.17) is 14.2 Å². The van der Waals surface area contributed by atoms with E-state index in [1.165, 1.54) is 0 Å². The summed E-state index contributed by atoms with van der Waals surface area (Å²) in [6.45, 7) is 3.09. The van der Waals surface area contributed by atoms with Crippen LogP contribution >= 0.6 is 0 Å². The molecule has 1 aromatic rings. The molecule has 0 radical (unpaired) electrons. The molecule has 4 heteroatoms. The molecule has 3 unspecified atom stereocenters. The van der Waals surface area contributed by atoms with E-state index in [9.17, 15) is 4.79 Å². The third-order valence-corrected chi connectivity index (χ3v) is 3.79. The third-order valence-electron chi connectivity index (χ3n) is 3.79. The van der Waals surface area contributed by atoms with E-state index in [1.54, 1.807) is 0 Å². The number of fused-ring (bicyclic) bond motifs is 1. The Hall–Kier alpha value is -1.55. The van der Waals surface area contributed by atoms with E-state index >= 15 is 0 Å². The maximum Gasteiger partial charge on any atom is 0.348 e. The summed E-state index contributed by atoms with van der Waals surface area (Å²) in [5.74, 6) is 0.529. The molecule has 19 heavy (non-hydrogen) atoms. The van der Waals surface area contributed by atoms with Gasteiger partial charge in [0.05, 0.1) is 6.10 Å². The Kier molecular flexibility index (Phi) is 3.42. The monoisotopic (exact) mass is 262 g/mol. The van der Waals surface area contributed by atoms with Gasteiger partial charge >= 0.3 is 5.97 Å². The van der Waals surface area contributed by atoms with Crippen LogP contribution in [-0.2, 0) is 14.3 Å². The van der Waals surface area contributed by atoms with Crippen molar-refractivity contribution in [2.24, 2.45) is 0 Å². The number of hydrogen-bond donors (Lipinski definition) is 0. The summed E-state index contributed by atoms with van der Waals surface area (Å²) in [6, 6.07) is 7.75. The number of para-hydroxylation sites is 1. The minimum atomic E-state index is -0.529. The van der Waals surface area contributed by atoms with Crippen LogP contribution < -0.4 is 4.74 Å². The zero-order valence-corrected chi connectivity index (χ0v) is 11.0. The molecule has 0 aliphatic carbocycles. The lowest BCUT2D eigenvalue weighted by atomic mass is 9.98. The minimum Gasteiger partial charge on any atom is -0.478 e. The van der Waals surface area contributed by atoms with Crippen molar-refractivity contribution < 1.29 is 19.0 Å². The van der Waals surface area contributed by atoms with Crippen LogP contribution in [0.4, 0.5) is 0 Å². The molecule has 2 aliphatic rings. The average molecular weight is 262 g/mol. The van der Waals surface area contributed by atoms with Crippen LogP contribution in [0, 0.1) is 0 Å². The number of esters is 1. The summed E-state index contributed by atoms with van der Waals surface area (Å²) in [5.41, 5.74) is 1.07. The van der Waals surface area contributed by atoms with Crippen molar-refractivity contribution >= 4 is 5.97 Å². The molecule has 0 aromatic heterocycles. The summed E-state index contributed by atoms with van der Waals surface area (Å²) in [7, 11) is 0. The first kappa shape index (κ1) is 12.5. The lowest BCUT2D eigenvalue weighted by molar-refractivity contribution is -0.155. The molecule has 1 fully saturated rings. The van der Waals surface area contributed by atoms with Crippen LogP contribution in [0.5, 0.6) is 5.75 Å². The molecule has 1 aromatic carbocycles. The molecule has 1 saturated heterocycles. The Labute approximate surface area is 112 Å². The zero-order valence-electron chi connectivity index (χ0n) is 11.0. The number of hydrogen-bond acceptors (Lipinski definition) is 4. The van der Waals surface area contributed by atoms with Gasteiger partial charge in [0.2, 0.25) is 6.10 Å². The van der Waals surface area contributed by atoms with Crippen LogP contribution in [0.25, 0.3) is 0 Å². The normalized spacial score (nSPS) is 28.8. The molecule has 3 atom stereocenters. The second kappa shape index (κ2) is 5.21. The van der Waals surface area contributed by atoms with E-state index in [1.807, 2.05) is 31.2 Å². The van der Waals surface area contributed by atoms with Crippen molar-refractivity contribution in [1.29, 1.82) is 0 Å². The van der Waals surface area contributed by atoms with Gasteiger partial charge in [-0.3, -0.25) is 0 Å². The number of ether oxygens (including phenoxy) is 3. The highest BCUT2D eigenvalue weighted by Crippen LogP contribution is 2.38. The third kappa shape index (κ3) is 2.45. The topological polar surface area (TPSA) is 44.8 Å². The SMILES string of the molecule is CC1c2ccccc2OC1C(=O)OCC1CCCO1. The number of rotatable bonds is 3. The predicted octanol–water partition coefficient (Wildman–Crippen LogP) is 2.27. The molecule has 0 bridgehead atoms. The zero-order chi connectivity index (χ0) is 13.2. The molecule has 4 nitrogen and oxygen atoms in total. The van der Waals surface area contributed by atoms with Gasteiger partial charge in [0.25, 0.3) is 0 Å². The van der Waals surface area contributed by atoms with Crippen molar-refractivity contribution in [3.05, 3.63) is 29.8 Å². The van der Waals surface area contributed by atoms with Crippen molar-refractivity contribution in [2.75, 3.05) is 13.2 Å². The summed E-state index contributed by atoms with van der Waals surface area (Å²) in [5, 5.41) is 0. The molecular weight excluding hydrogens is 244 g/mol. The van der Waals surface area contributed by atoms with Crippen molar-refractivity contribution in [3.63, 3.8) is 0 Å². The van der Waals surface area contributed by atoms with Gasteiger partial charge in [0.1, 0.15) is 12.4 Å². The molecule has 0 N–H and O–H groups in total. The summed E-state index contributed by atoms with van der Waals surface area (Å²) in [4.78, 5) is 12.1. The summed E-state index contributed by atoms with van der Waals surface area (Å²) >= 11 is 0.